The number of benzene rings is 2. The van der Waals surface area contributed by atoms with Crippen LogP contribution in [0, 0.1) is 17.0 Å². The van der Waals surface area contributed by atoms with Crippen molar-refractivity contribution in [3.8, 4) is 11.5 Å². The summed E-state index contributed by atoms with van der Waals surface area (Å²) in [6, 6.07) is 12.2. The fourth-order valence-electron chi connectivity index (χ4n) is 3.17. The van der Waals surface area contributed by atoms with Crippen LogP contribution in [-0.4, -0.2) is 13.2 Å². The average Bonchev–Trinajstić information content (AvgIpc) is 2.62. The van der Waals surface area contributed by atoms with E-state index in [1.807, 2.05) is 0 Å². The van der Waals surface area contributed by atoms with Crippen LogP contribution in [-0.2, 0) is 0 Å². The van der Waals surface area contributed by atoms with E-state index in [-0.39, 0.29) is 17.0 Å². The molecule has 0 N–H and O–H groups in total. The maximum atomic E-state index is 13.0. The van der Waals surface area contributed by atoms with Crippen molar-refractivity contribution in [2.45, 2.75) is 32.1 Å². The Morgan fingerprint density at radius 1 is 0.667 bits per heavy atom. The van der Waals surface area contributed by atoms with Crippen LogP contribution >= 0.6 is 0 Å². The number of hydrogen-bond acceptors (Lipinski definition) is 2. The van der Waals surface area contributed by atoms with Crippen LogP contribution < -0.4 is 9.47 Å². The second-order valence-electron chi connectivity index (χ2n) is 6.55. The maximum Gasteiger partial charge on any atom is 0.123 e. The maximum absolute atomic E-state index is 13.0. The van der Waals surface area contributed by atoms with Gasteiger partial charge in [0.15, 0.2) is 0 Å². The summed E-state index contributed by atoms with van der Waals surface area (Å²) in [5.74, 6) is 0.801. The molecular weight excluding hydrogens is 310 g/mol. The lowest BCUT2D eigenvalue weighted by Gasteiger charge is -2.36. The van der Waals surface area contributed by atoms with Gasteiger partial charge in [-0.3, -0.25) is 0 Å². The van der Waals surface area contributed by atoms with Gasteiger partial charge < -0.3 is 9.47 Å². The molecule has 128 valence electrons. The van der Waals surface area contributed by atoms with Gasteiger partial charge in [0.05, 0.1) is 13.2 Å². The third kappa shape index (κ3) is 4.47. The van der Waals surface area contributed by atoms with Crippen LogP contribution in [0.2, 0.25) is 0 Å². The van der Waals surface area contributed by atoms with E-state index >= 15 is 0 Å². The molecule has 1 fully saturated rings. The van der Waals surface area contributed by atoms with Gasteiger partial charge in [0, 0.05) is 5.41 Å². The van der Waals surface area contributed by atoms with Gasteiger partial charge in [-0.1, -0.05) is 19.3 Å². The van der Waals surface area contributed by atoms with Gasteiger partial charge in [-0.15, -0.1) is 0 Å². The van der Waals surface area contributed by atoms with Crippen molar-refractivity contribution in [3.63, 3.8) is 0 Å². The zero-order valence-electron chi connectivity index (χ0n) is 13.6. The molecule has 24 heavy (non-hydrogen) atoms. The molecule has 0 aliphatic heterocycles. The van der Waals surface area contributed by atoms with E-state index in [1.54, 1.807) is 24.3 Å². The highest BCUT2D eigenvalue weighted by molar-refractivity contribution is 5.23. The van der Waals surface area contributed by atoms with Crippen molar-refractivity contribution in [3.05, 3.63) is 60.2 Å². The Morgan fingerprint density at radius 2 is 1.08 bits per heavy atom. The molecule has 1 aliphatic carbocycles. The number of ether oxygens (including phenoxy) is 2. The third-order valence-electron chi connectivity index (χ3n) is 4.63. The molecule has 0 amide bonds. The normalized spacial score (nSPS) is 16.6. The molecular formula is C20H22F2O2. The second-order valence-corrected chi connectivity index (χ2v) is 6.55. The van der Waals surface area contributed by atoms with Gasteiger partial charge in [-0.25, -0.2) is 8.78 Å². The van der Waals surface area contributed by atoms with Crippen molar-refractivity contribution < 1.29 is 18.3 Å². The zero-order chi connectivity index (χ0) is 16.8. The molecule has 2 aromatic rings. The van der Waals surface area contributed by atoms with Gasteiger partial charge >= 0.3 is 0 Å². The lowest BCUT2D eigenvalue weighted by molar-refractivity contribution is 0.0436. The average molecular weight is 332 g/mol. The second kappa shape index (κ2) is 7.65. The Kier molecular flexibility index (Phi) is 5.34. The van der Waals surface area contributed by atoms with Crippen molar-refractivity contribution in [1.82, 2.24) is 0 Å². The Hall–Kier alpha value is -2.10. The molecule has 0 spiro atoms. The van der Waals surface area contributed by atoms with Crippen LogP contribution in [0.3, 0.4) is 0 Å². The summed E-state index contributed by atoms with van der Waals surface area (Å²) in [5, 5.41) is 0. The number of rotatable bonds is 6. The van der Waals surface area contributed by atoms with Crippen molar-refractivity contribution in [2.24, 2.45) is 5.41 Å². The number of halogens is 2. The Bertz CT molecular complexity index is 580. The first-order valence-electron chi connectivity index (χ1n) is 8.42. The first-order chi connectivity index (χ1) is 11.7. The largest absolute Gasteiger partial charge is 0.493 e. The molecule has 0 aromatic heterocycles. The smallest absolute Gasteiger partial charge is 0.123 e. The highest BCUT2D eigenvalue weighted by Crippen LogP contribution is 2.37. The van der Waals surface area contributed by atoms with E-state index in [1.165, 1.54) is 30.7 Å². The summed E-state index contributed by atoms with van der Waals surface area (Å²) in [5.41, 5.74) is -0.0545. The Balaban J connectivity index is 1.63. The monoisotopic (exact) mass is 332 g/mol. The fraction of sp³-hybridized carbons (Fsp3) is 0.400. The SMILES string of the molecule is Fc1ccc(OCC2(COc3ccc(F)cc3)CCCCC2)cc1. The summed E-state index contributed by atoms with van der Waals surface area (Å²) in [4.78, 5) is 0. The standard InChI is InChI=1S/C20H22F2O2/c21-16-4-8-18(9-5-16)23-14-20(12-2-1-3-13-20)15-24-19-10-6-17(22)7-11-19/h4-11H,1-3,12-15H2. The van der Waals surface area contributed by atoms with Crippen LogP contribution in [0.1, 0.15) is 32.1 Å². The summed E-state index contributed by atoms with van der Waals surface area (Å²) in [6.45, 7) is 1.08. The lowest BCUT2D eigenvalue weighted by Crippen LogP contribution is -2.37. The minimum absolute atomic E-state index is 0.0545. The first-order valence-corrected chi connectivity index (χ1v) is 8.42. The van der Waals surface area contributed by atoms with Gasteiger partial charge in [0.25, 0.3) is 0 Å². The summed E-state index contributed by atoms with van der Waals surface area (Å²) < 4.78 is 37.8. The van der Waals surface area contributed by atoms with E-state index in [4.69, 9.17) is 9.47 Å². The zero-order valence-corrected chi connectivity index (χ0v) is 13.6. The summed E-state index contributed by atoms with van der Waals surface area (Å²) >= 11 is 0. The molecule has 0 unspecified atom stereocenters. The van der Waals surface area contributed by atoms with E-state index in [0.717, 1.165) is 25.7 Å². The summed E-state index contributed by atoms with van der Waals surface area (Å²) in [7, 11) is 0. The molecule has 3 rings (SSSR count). The molecule has 2 aromatic carbocycles. The third-order valence-corrected chi connectivity index (χ3v) is 4.63. The van der Waals surface area contributed by atoms with Crippen LogP contribution in [0.15, 0.2) is 48.5 Å². The van der Waals surface area contributed by atoms with Crippen molar-refractivity contribution in [1.29, 1.82) is 0 Å². The van der Waals surface area contributed by atoms with E-state index in [0.29, 0.717) is 24.7 Å². The molecule has 4 heteroatoms. The molecule has 0 atom stereocenters. The first kappa shape index (κ1) is 16.7. The molecule has 0 heterocycles. The predicted molar refractivity (Wildman–Crippen MR) is 89.3 cm³/mol. The van der Waals surface area contributed by atoms with E-state index in [9.17, 15) is 8.78 Å². The molecule has 1 aliphatic rings. The fourth-order valence-corrected chi connectivity index (χ4v) is 3.17. The highest BCUT2D eigenvalue weighted by atomic mass is 19.1. The highest BCUT2D eigenvalue weighted by Gasteiger charge is 2.34. The summed E-state index contributed by atoms with van der Waals surface area (Å²) in [6.07, 6.45) is 5.61. The van der Waals surface area contributed by atoms with Crippen molar-refractivity contribution >= 4 is 0 Å². The molecule has 0 bridgehead atoms. The molecule has 1 saturated carbocycles. The van der Waals surface area contributed by atoms with E-state index < -0.39 is 0 Å². The van der Waals surface area contributed by atoms with Gasteiger partial charge in [-0.2, -0.15) is 0 Å². The molecule has 2 nitrogen and oxygen atoms in total. The van der Waals surface area contributed by atoms with Crippen LogP contribution in [0.5, 0.6) is 11.5 Å². The molecule has 0 radical (unpaired) electrons. The van der Waals surface area contributed by atoms with Gasteiger partial charge in [-0.05, 0) is 61.4 Å². The van der Waals surface area contributed by atoms with E-state index in [2.05, 4.69) is 0 Å². The minimum Gasteiger partial charge on any atom is -0.493 e. The van der Waals surface area contributed by atoms with Gasteiger partial charge in [0.1, 0.15) is 23.1 Å². The Morgan fingerprint density at radius 3 is 1.50 bits per heavy atom. The predicted octanol–water partition coefficient (Wildman–Crippen LogP) is 5.37. The quantitative estimate of drug-likeness (QED) is 0.708. The van der Waals surface area contributed by atoms with Crippen molar-refractivity contribution in [2.75, 3.05) is 13.2 Å². The van der Waals surface area contributed by atoms with Gasteiger partial charge in [0.2, 0.25) is 0 Å². The number of hydrogen-bond donors (Lipinski definition) is 0. The molecule has 0 saturated heterocycles. The van der Waals surface area contributed by atoms with Crippen LogP contribution in [0.25, 0.3) is 0 Å². The minimum atomic E-state index is -0.269. The topological polar surface area (TPSA) is 18.5 Å². The van der Waals surface area contributed by atoms with Crippen LogP contribution in [0.4, 0.5) is 8.78 Å². The Labute approximate surface area is 141 Å². The lowest BCUT2D eigenvalue weighted by atomic mass is 9.75.